The maximum Gasteiger partial charge on any atom is 0.191 e. The Morgan fingerprint density at radius 2 is 1.59 bits per heavy atom. The molecule has 1 saturated carbocycles. The summed E-state index contributed by atoms with van der Waals surface area (Å²) in [6.45, 7) is 4.72. The third kappa shape index (κ3) is 7.65. The molecule has 0 aromatic heterocycles. The Bertz CT molecular complexity index is 629. The van der Waals surface area contributed by atoms with Gasteiger partial charge in [-0.25, -0.2) is 4.99 Å². The van der Waals surface area contributed by atoms with E-state index in [9.17, 15) is 0 Å². The van der Waals surface area contributed by atoms with Crippen molar-refractivity contribution in [3.05, 3.63) is 17.7 Å². The minimum atomic E-state index is 0.412. The van der Waals surface area contributed by atoms with Crippen LogP contribution >= 0.6 is 0 Å². The third-order valence-electron chi connectivity index (χ3n) is 5.09. The number of rotatable bonds is 10. The molecule has 7 heteroatoms. The van der Waals surface area contributed by atoms with Crippen LogP contribution in [0.5, 0.6) is 17.2 Å². The van der Waals surface area contributed by atoms with Gasteiger partial charge in [-0.15, -0.1) is 0 Å². The van der Waals surface area contributed by atoms with Crippen molar-refractivity contribution in [1.82, 2.24) is 10.6 Å². The highest BCUT2D eigenvalue weighted by molar-refractivity contribution is 5.79. The molecular weight excluding hydrogens is 370 g/mol. The number of guanidine groups is 1. The summed E-state index contributed by atoms with van der Waals surface area (Å²) in [5.74, 6) is 2.78. The first-order valence-electron chi connectivity index (χ1n) is 10.6. The van der Waals surface area contributed by atoms with Gasteiger partial charge in [0, 0.05) is 24.7 Å². The highest BCUT2D eigenvalue weighted by Crippen LogP contribution is 2.34. The lowest BCUT2D eigenvalue weighted by Crippen LogP contribution is -2.39. The van der Waals surface area contributed by atoms with Crippen LogP contribution in [-0.4, -0.2) is 53.1 Å². The SMILES string of the molecule is CCNC(=NCc1cc(OC)c(OC)cc1OC)NCCOC1CCCCCC1. The van der Waals surface area contributed by atoms with Gasteiger partial charge in [-0.3, -0.25) is 0 Å². The summed E-state index contributed by atoms with van der Waals surface area (Å²) in [5.41, 5.74) is 0.928. The van der Waals surface area contributed by atoms with E-state index in [0.717, 1.165) is 30.4 Å². The van der Waals surface area contributed by atoms with Crippen molar-refractivity contribution in [2.24, 2.45) is 4.99 Å². The molecule has 1 aliphatic rings. The predicted octanol–water partition coefficient (Wildman–Crippen LogP) is 3.51. The summed E-state index contributed by atoms with van der Waals surface area (Å²) in [6, 6.07) is 3.73. The number of hydrogen-bond acceptors (Lipinski definition) is 5. The lowest BCUT2D eigenvalue weighted by Gasteiger charge is -2.17. The van der Waals surface area contributed by atoms with Crippen LogP contribution < -0.4 is 24.8 Å². The number of aliphatic imine (C=N–C) groups is 1. The molecule has 0 heterocycles. The summed E-state index contributed by atoms with van der Waals surface area (Å²) >= 11 is 0. The molecule has 0 amide bonds. The van der Waals surface area contributed by atoms with Gasteiger partial charge in [0.15, 0.2) is 17.5 Å². The molecule has 0 spiro atoms. The number of nitrogens with zero attached hydrogens (tertiary/aromatic N) is 1. The van der Waals surface area contributed by atoms with Gasteiger partial charge < -0.3 is 29.6 Å². The standard InChI is InChI=1S/C22H37N3O4/c1-5-23-22(24-12-13-29-18-10-8-6-7-9-11-18)25-16-17-14-20(27-3)21(28-4)15-19(17)26-2/h14-15,18H,5-13,16H2,1-4H3,(H2,23,24,25). The van der Waals surface area contributed by atoms with Gasteiger partial charge >= 0.3 is 0 Å². The van der Waals surface area contributed by atoms with E-state index >= 15 is 0 Å². The number of ether oxygens (including phenoxy) is 4. The van der Waals surface area contributed by atoms with Crippen LogP contribution in [0.2, 0.25) is 0 Å². The Balaban J connectivity index is 1.92. The zero-order valence-corrected chi connectivity index (χ0v) is 18.4. The molecule has 7 nitrogen and oxygen atoms in total. The van der Waals surface area contributed by atoms with Gasteiger partial charge in [-0.05, 0) is 25.8 Å². The normalized spacial score (nSPS) is 15.5. The van der Waals surface area contributed by atoms with Crippen LogP contribution in [0.1, 0.15) is 51.0 Å². The van der Waals surface area contributed by atoms with E-state index in [0.29, 0.717) is 30.8 Å². The highest BCUT2D eigenvalue weighted by atomic mass is 16.5. The molecule has 1 fully saturated rings. The number of nitrogens with one attached hydrogen (secondary N) is 2. The fourth-order valence-corrected chi connectivity index (χ4v) is 3.53. The zero-order valence-electron chi connectivity index (χ0n) is 18.4. The predicted molar refractivity (Wildman–Crippen MR) is 116 cm³/mol. The monoisotopic (exact) mass is 407 g/mol. The van der Waals surface area contributed by atoms with E-state index in [1.165, 1.54) is 38.5 Å². The van der Waals surface area contributed by atoms with Crippen LogP contribution in [0.4, 0.5) is 0 Å². The molecule has 1 aromatic rings. The summed E-state index contributed by atoms with van der Waals surface area (Å²) in [5, 5.41) is 6.63. The van der Waals surface area contributed by atoms with E-state index in [-0.39, 0.29) is 0 Å². The van der Waals surface area contributed by atoms with Crippen molar-refractivity contribution in [2.45, 2.75) is 58.1 Å². The molecule has 0 radical (unpaired) electrons. The molecular formula is C22H37N3O4. The molecule has 1 aromatic carbocycles. The van der Waals surface area contributed by atoms with E-state index in [2.05, 4.69) is 22.5 Å². The Morgan fingerprint density at radius 3 is 2.21 bits per heavy atom. The average Bonchev–Trinajstić information content (AvgIpc) is 3.03. The minimum Gasteiger partial charge on any atom is -0.496 e. The maximum absolute atomic E-state index is 6.05. The largest absolute Gasteiger partial charge is 0.496 e. The summed E-state index contributed by atoms with van der Waals surface area (Å²) in [7, 11) is 4.87. The van der Waals surface area contributed by atoms with Gasteiger partial charge in [-0.1, -0.05) is 25.7 Å². The van der Waals surface area contributed by atoms with Crippen molar-refractivity contribution in [1.29, 1.82) is 0 Å². The number of benzene rings is 1. The fraction of sp³-hybridized carbons (Fsp3) is 0.682. The van der Waals surface area contributed by atoms with Crippen molar-refractivity contribution in [2.75, 3.05) is 41.0 Å². The van der Waals surface area contributed by atoms with Crippen molar-refractivity contribution in [3.8, 4) is 17.2 Å². The smallest absolute Gasteiger partial charge is 0.191 e. The van der Waals surface area contributed by atoms with Crippen LogP contribution in [0.15, 0.2) is 17.1 Å². The average molecular weight is 408 g/mol. The fourth-order valence-electron chi connectivity index (χ4n) is 3.53. The second-order valence-corrected chi connectivity index (χ2v) is 7.13. The molecule has 0 unspecified atom stereocenters. The van der Waals surface area contributed by atoms with E-state index in [1.54, 1.807) is 21.3 Å². The maximum atomic E-state index is 6.05. The zero-order chi connectivity index (χ0) is 20.9. The molecule has 1 aliphatic carbocycles. The first-order chi connectivity index (χ1) is 14.2. The van der Waals surface area contributed by atoms with Crippen molar-refractivity contribution in [3.63, 3.8) is 0 Å². The molecule has 0 aliphatic heterocycles. The number of methoxy groups -OCH3 is 3. The molecule has 2 rings (SSSR count). The third-order valence-corrected chi connectivity index (χ3v) is 5.09. The van der Waals surface area contributed by atoms with E-state index in [1.807, 2.05) is 12.1 Å². The number of hydrogen-bond donors (Lipinski definition) is 2. The van der Waals surface area contributed by atoms with Gasteiger partial charge in [0.05, 0.1) is 40.6 Å². The van der Waals surface area contributed by atoms with Gasteiger partial charge in [0.1, 0.15) is 5.75 Å². The lowest BCUT2D eigenvalue weighted by molar-refractivity contribution is 0.0468. The highest BCUT2D eigenvalue weighted by Gasteiger charge is 2.13. The first kappa shape index (κ1) is 23.1. The Hall–Kier alpha value is -2.15. The van der Waals surface area contributed by atoms with E-state index < -0.39 is 0 Å². The van der Waals surface area contributed by atoms with Crippen LogP contribution in [0.25, 0.3) is 0 Å². The summed E-state index contributed by atoms with van der Waals surface area (Å²) in [4.78, 5) is 4.69. The molecule has 0 atom stereocenters. The van der Waals surface area contributed by atoms with Gasteiger partial charge in [0.2, 0.25) is 0 Å². The van der Waals surface area contributed by atoms with Crippen molar-refractivity contribution >= 4 is 5.96 Å². The molecule has 29 heavy (non-hydrogen) atoms. The summed E-state index contributed by atoms with van der Waals surface area (Å²) in [6.07, 6.45) is 8.05. The summed E-state index contributed by atoms with van der Waals surface area (Å²) < 4.78 is 22.3. The molecule has 2 N–H and O–H groups in total. The minimum absolute atomic E-state index is 0.412. The van der Waals surface area contributed by atoms with Crippen LogP contribution in [0, 0.1) is 0 Å². The van der Waals surface area contributed by atoms with Gasteiger partial charge in [-0.2, -0.15) is 0 Å². The Labute approximate surface area is 175 Å². The lowest BCUT2D eigenvalue weighted by atomic mass is 10.1. The quantitative estimate of drug-likeness (QED) is 0.268. The topological polar surface area (TPSA) is 73.3 Å². The molecule has 0 saturated heterocycles. The second kappa shape index (κ2) is 13.1. The van der Waals surface area contributed by atoms with Crippen LogP contribution in [-0.2, 0) is 11.3 Å². The Morgan fingerprint density at radius 1 is 0.931 bits per heavy atom. The van der Waals surface area contributed by atoms with Gasteiger partial charge in [0.25, 0.3) is 0 Å². The van der Waals surface area contributed by atoms with Crippen molar-refractivity contribution < 1.29 is 18.9 Å². The second-order valence-electron chi connectivity index (χ2n) is 7.13. The van der Waals surface area contributed by atoms with Crippen LogP contribution in [0.3, 0.4) is 0 Å². The molecule has 164 valence electrons. The molecule has 0 bridgehead atoms. The van der Waals surface area contributed by atoms with E-state index in [4.69, 9.17) is 18.9 Å². The Kier molecular flexibility index (Phi) is 10.5. The first-order valence-corrected chi connectivity index (χ1v) is 10.6.